The highest BCUT2D eigenvalue weighted by Crippen LogP contribution is 2.26. The van der Waals surface area contributed by atoms with Crippen molar-refractivity contribution in [2.24, 2.45) is 0 Å². The van der Waals surface area contributed by atoms with Crippen molar-refractivity contribution >= 4 is 27.3 Å². The lowest BCUT2D eigenvalue weighted by Crippen LogP contribution is -2.45. The summed E-state index contributed by atoms with van der Waals surface area (Å²) in [6.45, 7) is 3.66. The van der Waals surface area contributed by atoms with Crippen LogP contribution in [0.5, 0.6) is 0 Å². The fourth-order valence-corrected chi connectivity index (χ4v) is 2.63. The molecule has 18 heavy (non-hydrogen) atoms. The minimum atomic E-state index is 0.247. The summed E-state index contributed by atoms with van der Waals surface area (Å²) < 4.78 is 6.78. The van der Waals surface area contributed by atoms with E-state index in [2.05, 4.69) is 39.8 Å². The predicted octanol–water partition coefficient (Wildman–Crippen LogP) is 1.80. The molecule has 0 amide bonds. The molecule has 1 fully saturated rings. The predicted molar refractivity (Wildman–Crippen MR) is 79.1 cm³/mol. The van der Waals surface area contributed by atoms with Crippen molar-refractivity contribution in [2.75, 3.05) is 51.0 Å². The fourth-order valence-electron chi connectivity index (χ4n) is 2.25. The van der Waals surface area contributed by atoms with Crippen LogP contribution in [0, 0.1) is 0 Å². The topological polar surface area (TPSA) is 41.7 Å². The normalized spacial score (nSPS) is 20.9. The monoisotopic (exact) mass is 313 g/mol. The third kappa shape index (κ3) is 3.37. The number of rotatable bonds is 3. The molecule has 2 rings (SSSR count). The van der Waals surface area contributed by atoms with Gasteiger partial charge in [0.25, 0.3) is 0 Å². The molecule has 1 aliphatic heterocycles. The van der Waals surface area contributed by atoms with E-state index in [4.69, 9.17) is 10.5 Å². The molecule has 1 saturated heterocycles. The van der Waals surface area contributed by atoms with Crippen molar-refractivity contribution < 1.29 is 4.74 Å². The number of nitrogens with zero attached hydrogens (tertiary/aromatic N) is 2. The van der Waals surface area contributed by atoms with Crippen LogP contribution >= 0.6 is 15.9 Å². The number of nitrogens with two attached hydrogens (primary N) is 1. The lowest BCUT2D eigenvalue weighted by molar-refractivity contribution is -0.0142. The van der Waals surface area contributed by atoms with E-state index in [1.54, 1.807) is 0 Å². The van der Waals surface area contributed by atoms with Crippen LogP contribution in [0.4, 0.5) is 11.4 Å². The molecule has 5 heteroatoms. The van der Waals surface area contributed by atoms with Gasteiger partial charge in [-0.1, -0.05) is 15.9 Å². The average molecular weight is 314 g/mol. The van der Waals surface area contributed by atoms with Gasteiger partial charge < -0.3 is 20.3 Å². The molecule has 1 aromatic carbocycles. The van der Waals surface area contributed by atoms with E-state index in [1.807, 2.05) is 18.2 Å². The summed E-state index contributed by atoms with van der Waals surface area (Å²) in [6, 6.07) is 5.97. The smallest absolute Gasteiger partial charge is 0.0876 e. The molecular weight excluding hydrogens is 294 g/mol. The maximum absolute atomic E-state index is 6.03. The van der Waals surface area contributed by atoms with Crippen molar-refractivity contribution in [1.82, 2.24) is 4.90 Å². The van der Waals surface area contributed by atoms with Gasteiger partial charge in [-0.25, -0.2) is 0 Å². The highest BCUT2D eigenvalue weighted by Gasteiger charge is 2.20. The van der Waals surface area contributed by atoms with Crippen LogP contribution in [0.2, 0.25) is 0 Å². The molecule has 4 nitrogen and oxygen atoms in total. The molecule has 0 aromatic heterocycles. The Labute approximate surface area is 117 Å². The molecule has 100 valence electrons. The molecule has 1 unspecified atom stereocenters. The maximum atomic E-state index is 6.03. The van der Waals surface area contributed by atoms with Gasteiger partial charge in [0.05, 0.1) is 24.1 Å². The summed E-state index contributed by atoms with van der Waals surface area (Å²) in [5.74, 6) is 0. The molecule has 1 heterocycles. The summed E-state index contributed by atoms with van der Waals surface area (Å²) in [5.41, 5.74) is 7.87. The average Bonchev–Trinajstić information content (AvgIpc) is 2.28. The van der Waals surface area contributed by atoms with E-state index in [-0.39, 0.29) is 6.10 Å². The quantitative estimate of drug-likeness (QED) is 0.864. The highest BCUT2D eigenvalue weighted by atomic mass is 79.9. The molecule has 2 N–H and O–H groups in total. The zero-order chi connectivity index (χ0) is 13.1. The zero-order valence-electron chi connectivity index (χ0n) is 10.9. The largest absolute Gasteiger partial charge is 0.397 e. The molecule has 0 bridgehead atoms. The number of hydrogen-bond acceptors (Lipinski definition) is 4. The lowest BCUT2D eigenvalue weighted by atomic mass is 10.2. The SMILES string of the molecule is CN1CCOC(CN(C)c2ccc(Br)cc2N)C1. The van der Waals surface area contributed by atoms with Crippen LogP contribution in [0.15, 0.2) is 22.7 Å². The van der Waals surface area contributed by atoms with E-state index >= 15 is 0 Å². The Morgan fingerprint density at radius 2 is 2.33 bits per heavy atom. The second-order valence-electron chi connectivity index (χ2n) is 4.84. The van der Waals surface area contributed by atoms with Gasteiger partial charge >= 0.3 is 0 Å². The van der Waals surface area contributed by atoms with Gasteiger partial charge in [0.15, 0.2) is 0 Å². The Morgan fingerprint density at radius 3 is 3.00 bits per heavy atom. The van der Waals surface area contributed by atoms with Crippen molar-refractivity contribution in [3.05, 3.63) is 22.7 Å². The number of halogens is 1. The van der Waals surface area contributed by atoms with Crippen molar-refractivity contribution in [2.45, 2.75) is 6.10 Å². The maximum Gasteiger partial charge on any atom is 0.0876 e. The van der Waals surface area contributed by atoms with Crippen molar-refractivity contribution in [1.29, 1.82) is 0 Å². The van der Waals surface area contributed by atoms with Crippen LogP contribution in [0.1, 0.15) is 0 Å². The van der Waals surface area contributed by atoms with Gasteiger partial charge in [-0.05, 0) is 25.2 Å². The standard InChI is InChI=1S/C13H20BrN3O/c1-16-5-6-18-11(8-16)9-17(2)13-4-3-10(14)7-12(13)15/h3-4,7,11H,5-6,8-9,15H2,1-2H3. The Hall–Kier alpha value is -0.780. The third-order valence-electron chi connectivity index (χ3n) is 3.22. The highest BCUT2D eigenvalue weighted by molar-refractivity contribution is 9.10. The summed E-state index contributed by atoms with van der Waals surface area (Å²) in [4.78, 5) is 4.46. The fraction of sp³-hybridized carbons (Fsp3) is 0.538. The van der Waals surface area contributed by atoms with Crippen LogP contribution in [0.3, 0.4) is 0 Å². The van der Waals surface area contributed by atoms with Crippen LogP contribution < -0.4 is 10.6 Å². The zero-order valence-corrected chi connectivity index (χ0v) is 12.5. The summed E-state index contributed by atoms with van der Waals surface area (Å²) in [6.07, 6.45) is 0.247. The molecule has 0 aliphatic carbocycles. The van der Waals surface area contributed by atoms with E-state index in [0.717, 1.165) is 42.1 Å². The molecule has 1 atom stereocenters. The third-order valence-corrected chi connectivity index (χ3v) is 3.71. The summed E-state index contributed by atoms with van der Waals surface area (Å²) in [5, 5.41) is 0. The number of ether oxygens (including phenoxy) is 1. The first kappa shape index (κ1) is 13.6. The van der Waals surface area contributed by atoms with E-state index in [0.29, 0.717) is 0 Å². The van der Waals surface area contributed by atoms with Crippen molar-refractivity contribution in [3.8, 4) is 0 Å². The van der Waals surface area contributed by atoms with Crippen molar-refractivity contribution in [3.63, 3.8) is 0 Å². The second-order valence-corrected chi connectivity index (χ2v) is 5.75. The van der Waals surface area contributed by atoms with Gasteiger partial charge in [-0.15, -0.1) is 0 Å². The number of morpholine rings is 1. The first-order chi connectivity index (χ1) is 8.56. The van der Waals surface area contributed by atoms with Crippen LogP contribution in [-0.4, -0.2) is 51.3 Å². The molecular formula is C13H20BrN3O. The first-order valence-corrected chi connectivity index (χ1v) is 6.92. The van der Waals surface area contributed by atoms with Crippen LogP contribution in [-0.2, 0) is 4.74 Å². The summed E-state index contributed by atoms with van der Waals surface area (Å²) >= 11 is 3.42. The van der Waals surface area contributed by atoms with Gasteiger partial charge in [0.1, 0.15) is 0 Å². The number of nitrogen functional groups attached to an aromatic ring is 1. The first-order valence-electron chi connectivity index (χ1n) is 6.12. The van der Waals surface area contributed by atoms with Gasteiger partial charge in [0, 0.05) is 31.2 Å². The molecule has 0 saturated carbocycles. The Bertz CT molecular complexity index is 413. The lowest BCUT2D eigenvalue weighted by Gasteiger charge is -2.33. The Kier molecular flexibility index (Phi) is 4.48. The van der Waals surface area contributed by atoms with E-state index < -0.39 is 0 Å². The Balaban J connectivity index is 2.00. The molecule has 0 radical (unpaired) electrons. The minimum Gasteiger partial charge on any atom is -0.397 e. The van der Waals surface area contributed by atoms with E-state index in [9.17, 15) is 0 Å². The molecule has 0 spiro atoms. The summed E-state index contributed by atoms with van der Waals surface area (Å²) in [7, 11) is 4.18. The van der Waals surface area contributed by atoms with Crippen LogP contribution in [0.25, 0.3) is 0 Å². The van der Waals surface area contributed by atoms with Gasteiger partial charge in [-0.3, -0.25) is 0 Å². The van der Waals surface area contributed by atoms with Gasteiger partial charge in [-0.2, -0.15) is 0 Å². The van der Waals surface area contributed by atoms with E-state index in [1.165, 1.54) is 0 Å². The number of likely N-dealkylation sites (N-methyl/N-ethyl adjacent to an activating group) is 2. The number of anilines is 2. The number of hydrogen-bond donors (Lipinski definition) is 1. The van der Waals surface area contributed by atoms with Gasteiger partial charge in [0.2, 0.25) is 0 Å². The number of benzene rings is 1. The molecule has 1 aliphatic rings. The minimum absolute atomic E-state index is 0.247. The molecule has 1 aromatic rings. The second kappa shape index (κ2) is 5.91. The Morgan fingerprint density at radius 1 is 1.56 bits per heavy atom.